The van der Waals surface area contributed by atoms with Gasteiger partial charge in [0.25, 0.3) is 0 Å². The van der Waals surface area contributed by atoms with Crippen molar-refractivity contribution in [1.29, 1.82) is 0 Å². The fourth-order valence-electron chi connectivity index (χ4n) is 3.24. The van der Waals surface area contributed by atoms with Gasteiger partial charge in [-0.25, -0.2) is 13.8 Å². The summed E-state index contributed by atoms with van der Waals surface area (Å²) >= 11 is 0. The number of aromatic amines is 1. The molecule has 1 aliphatic heterocycles. The van der Waals surface area contributed by atoms with E-state index >= 15 is 0 Å². The van der Waals surface area contributed by atoms with E-state index < -0.39 is 11.6 Å². The molecule has 1 saturated heterocycles. The van der Waals surface area contributed by atoms with Crippen LogP contribution in [0.5, 0.6) is 5.75 Å². The van der Waals surface area contributed by atoms with Crippen LogP contribution in [0, 0.1) is 11.6 Å². The lowest BCUT2D eigenvalue weighted by molar-refractivity contribution is -0.139. The molecule has 2 aromatic heterocycles. The molecule has 0 radical (unpaired) electrons. The Bertz CT molecular complexity index is 992. The fraction of sp³-hybridized carbons (Fsp3) is 0.300. The standard InChI is InChI=1S/C20H19F2N3O3/c21-17-4-3-14(9-18(17)22)28-12-15-11-25(6-7-27-15)19(26)8-13-10-24-20-16(13)2-1-5-23-20/h1-5,9-10,15H,6-8,11-12H2,(H,23,24). The predicted molar refractivity (Wildman–Crippen MR) is 98.0 cm³/mol. The van der Waals surface area contributed by atoms with Crippen molar-refractivity contribution in [3.63, 3.8) is 0 Å². The molecule has 1 unspecified atom stereocenters. The van der Waals surface area contributed by atoms with Gasteiger partial charge in [-0.05, 0) is 29.8 Å². The zero-order valence-electron chi connectivity index (χ0n) is 15.0. The second kappa shape index (κ2) is 7.93. The number of pyridine rings is 1. The molecule has 146 valence electrons. The van der Waals surface area contributed by atoms with Crippen LogP contribution in [-0.4, -0.2) is 53.2 Å². The highest BCUT2D eigenvalue weighted by Crippen LogP contribution is 2.19. The van der Waals surface area contributed by atoms with Crippen LogP contribution in [0.2, 0.25) is 0 Å². The van der Waals surface area contributed by atoms with E-state index in [2.05, 4.69) is 9.97 Å². The van der Waals surface area contributed by atoms with E-state index in [-0.39, 0.29) is 30.8 Å². The number of carbonyl (C=O) groups is 1. The van der Waals surface area contributed by atoms with Crippen molar-refractivity contribution in [1.82, 2.24) is 14.9 Å². The van der Waals surface area contributed by atoms with E-state index in [1.807, 2.05) is 12.1 Å². The first-order chi connectivity index (χ1) is 13.6. The highest BCUT2D eigenvalue weighted by molar-refractivity contribution is 5.87. The minimum Gasteiger partial charge on any atom is -0.491 e. The van der Waals surface area contributed by atoms with Crippen molar-refractivity contribution in [2.24, 2.45) is 0 Å². The number of rotatable bonds is 5. The summed E-state index contributed by atoms with van der Waals surface area (Å²) in [6.45, 7) is 1.42. The first kappa shape index (κ1) is 18.4. The molecule has 1 aromatic carbocycles. The largest absolute Gasteiger partial charge is 0.491 e. The quantitative estimate of drug-likeness (QED) is 0.731. The van der Waals surface area contributed by atoms with Gasteiger partial charge in [0.1, 0.15) is 24.1 Å². The predicted octanol–water partition coefficient (Wildman–Crippen LogP) is 2.69. The first-order valence-corrected chi connectivity index (χ1v) is 8.98. The number of hydrogen-bond acceptors (Lipinski definition) is 4. The summed E-state index contributed by atoms with van der Waals surface area (Å²) in [5, 5.41) is 0.933. The summed E-state index contributed by atoms with van der Waals surface area (Å²) in [4.78, 5) is 21.7. The molecule has 0 bridgehead atoms. The smallest absolute Gasteiger partial charge is 0.227 e. The summed E-state index contributed by atoms with van der Waals surface area (Å²) in [5.74, 6) is -1.68. The zero-order valence-corrected chi connectivity index (χ0v) is 15.0. The van der Waals surface area contributed by atoms with Gasteiger partial charge in [0.05, 0.1) is 19.6 Å². The van der Waals surface area contributed by atoms with Crippen LogP contribution in [0.3, 0.4) is 0 Å². The average molecular weight is 387 g/mol. The molecule has 8 heteroatoms. The minimum atomic E-state index is -0.966. The van der Waals surface area contributed by atoms with Gasteiger partial charge in [0.2, 0.25) is 5.91 Å². The number of amides is 1. The number of carbonyl (C=O) groups excluding carboxylic acids is 1. The molecular formula is C20H19F2N3O3. The van der Waals surface area contributed by atoms with Gasteiger partial charge in [-0.2, -0.15) is 0 Å². The number of hydrogen-bond donors (Lipinski definition) is 1. The SMILES string of the molecule is O=C(Cc1c[nH]c2ncccc12)N1CCOC(COc2ccc(F)c(F)c2)C1. The Morgan fingerprint density at radius 3 is 3.07 bits per heavy atom. The normalized spacial score (nSPS) is 17.1. The van der Waals surface area contributed by atoms with Gasteiger partial charge in [0, 0.05) is 30.4 Å². The number of fused-ring (bicyclic) bond motifs is 1. The number of nitrogens with one attached hydrogen (secondary N) is 1. The maximum absolute atomic E-state index is 13.3. The van der Waals surface area contributed by atoms with Gasteiger partial charge < -0.3 is 19.4 Å². The second-order valence-electron chi connectivity index (χ2n) is 6.61. The van der Waals surface area contributed by atoms with Gasteiger partial charge >= 0.3 is 0 Å². The van der Waals surface area contributed by atoms with Crippen LogP contribution in [-0.2, 0) is 16.0 Å². The molecule has 4 rings (SSSR count). The van der Waals surface area contributed by atoms with E-state index in [1.54, 1.807) is 17.3 Å². The molecule has 3 heterocycles. The third-order valence-corrected chi connectivity index (χ3v) is 4.70. The molecule has 0 saturated carbocycles. The number of morpholine rings is 1. The van der Waals surface area contributed by atoms with Gasteiger partial charge in [-0.3, -0.25) is 4.79 Å². The van der Waals surface area contributed by atoms with Crippen molar-refractivity contribution in [3.05, 3.63) is 59.9 Å². The first-order valence-electron chi connectivity index (χ1n) is 8.98. The Hall–Kier alpha value is -3.00. The second-order valence-corrected chi connectivity index (χ2v) is 6.61. The molecule has 1 atom stereocenters. The van der Waals surface area contributed by atoms with Crippen LogP contribution in [0.15, 0.2) is 42.7 Å². The molecule has 1 amide bonds. The average Bonchev–Trinajstić information content (AvgIpc) is 3.12. The Labute approximate surface area is 160 Å². The highest BCUT2D eigenvalue weighted by Gasteiger charge is 2.25. The molecule has 6 nitrogen and oxygen atoms in total. The number of aromatic nitrogens is 2. The fourth-order valence-corrected chi connectivity index (χ4v) is 3.24. The van der Waals surface area contributed by atoms with Crippen LogP contribution in [0.4, 0.5) is 8.78 Å². The Balaban J connectivity index is 1.35. The van der Waals surface area contributed by atoms with Crippen molar-refractivity contribution < 1.29 is 23.0 Å². The number of halogens is 2. The number of nitrogens with zero attached hydrogens (tertiary/aromatic N) is 2. The lowest BCUT2D eigenvalue weighted by Crippen LogP contribution is -2.48. The lowest BCUT2D eigenvalue weighted by Gasteiger charge is -2.33. The van der Waals surface area contributed by atoms with Crippen LogP contribution in [0.25, 0.3) is 11.0 Å². The highest BCUT2D eigenvalue weighted by atomic mass is 19.2. The Morgan fingerprint density at radius 1 is 1.32 bits per heavy atom. The van der Waals surface area contributed by atoms with E-state index in [9.17, 15) is 13.6 Å². The molecule has 28 heavy (non-hydrogen) atoms. The summed E-state index contributed by atoms with van der Waals surface area (Å²) in [7, 11) is 0. The summed E-state index contributed by atoms with van der Waals surface area (Å²) in [6, 6.07) is 7.13. The molecule has 1 aliphatic rings. The van der Waals surface area contributed by atoms with E-state index in [1.165, 1.54) is 6.07 Å². The maximum atomic E-state index is 13.3. The Morgan fingerprint density at radius 2 is 2.21 bits per heavy atom. The number of H-pyrrole nitrogens is 1. The molecule has 0 spiro atoms. The molecule has 3 aromatic rings. The van der Waals surface area contributed by atoms with Crippen molar-refractivity contribution >= 4 is 16.9 Å². The van der Waals surface area contributed by atoms with Crippen molar-refractivity contribution in [2.45, 2.75) is 12.5 Å². The van der Waals surface area contributed by atoms with E-state index in [4.69, 9.17) is 9.47 Å². The maximum Gasteiger partial charge on any atom is 0.227 e. The molecule has 1 N–H and O–H groups in total. The van der Waals surface area contributed by atoms with Gasteiger partial charge in [0.15, 0.2) is 11.6 Å². The molecule has 1 fully saturated rings. The molecular weight excluding hydrogens is 368 g/mol. The van der Waals surface area contributed by atoms with Crippen LogP contribution < -0.4 is 4.74 Å². The van der Waals surface area contributed by atoms with Gasteiger partial charge in [-0.15, -0.1) is 0 Å². The summed E-state index contributed by atoms with van der Waals surface area (Å²) in [5.41, 5.74) is 1.65. The number of benzene rings is 1. The lowest BCUT2D eigenvalue weighted by atomic mass is 10.1. The summed E-state index contributed by atoms with van der Waals surface area (Å²) < 4.78 is 37.4. The van der Waals surface area contributed by atoms with Crippen molar-refractivity contribution in [3.8, 4) is 5.75 Å². The summed E-state index contributed by atoms with van der Waals surface area (Å²) in [6.07, 6.45) is 3.43. The Kier molecular flexibility index (Phi) is 5.21. The minimum absolute atomic E-state index is 0.00844. The zero-order chi connectivity index (χ0) is 19.5. The molecule has 0 aliphatic carbocycles. The van der Waals surface area contributed by atoms with Crippen LogP contribution in [0.1, 0.15) is 5.56 Å². The van der Waals surface area contributed by atoms with E-state index in [0.717, 1.165) is 28.7 Å². The van der Waals surface area contributed by atoms with E-state index in [0.29, 0.717) is 19.7 Å². The van der Waals surface area contributed by atoms with Crippen molar-refractivity contribution in [2.75, 3.05) is 26.3 Å². The van der Waals surface area contributed by atoms with Crippen LogP contribution >= 0.6 is 0 Å². The number of ether oxygens (including phenoxy) is 2. The monoisotopic (exact) mass is 387 g/mol. The third kappa shape index (κ3) is 3.96. The topological polar surface area (TPSA) is 67.5 Å². The van der Waals surface area contributed by atoms with Gasteiger partial charge in [-0.1, -0.05) is 0 Å². The third-order valence-electron chi connectivity index (χ3n) is 4.70.